The van der Waals surface area contributed by atoms with E-state index in [2.05, 4.69) is 15.2 Å². The van der Waals surface area contributed by atoms with E-state index in [0.717, 1.165) is 31.7 Å². The van der Waals surface area contributed by atoms with Crippen molar-refractivity contribution >= 4 is 29.0 Å². The first kappa shape index (κ1) is 17.3. The highest BCUT2D eigenvalue weighted by atomic mass is 35.5. The predicted molar refractivity (Wildman–Crippen MR) is 99.7 cm³/mol. The van der Waals surface area contributed by atoms with Crippen molar-refractivity contribution in [3.05, 3.63) is 53.2 Å². The van der Waals surface area contributed by atoms with Crippen LogP contribution >= 0.6 is 11.6 Å². The van der Waals surface area contributed by atoms with Crippen LogP contribution in [0.4, 0.5) is 11.5 Å². The fourth-order valence-corrected chi connectivity index (χ4v) is 3.51. The summed E-state index contributed by atoms with van der Waals surface area (Å²) in [6.45, 7) is 2.98. The third kappa shape index (κ3) is 3.53. The molecule has 1 N–H and O–H groups in total. The molecule has 0 radical (unpaired) electrons. The van der Waals surface area contributed by atoms with E-state index in [-0.39, 0.29) is 5.91 Å². The van der Waals surface area contributed by atoms with E-state index in [1.165, 1.54) is 0 Å². The van der Waals surface area contributed by atoms with Gasteiger partial charge < -0.3 is 19.7 Å². The Balaban J connectivity index is 1.39. The van der Waals surface area contributed by atoms with E-state index in [4.69, 9.17) is 21.1 Å². The van der Waals surface area contributed by atoms with Crippen LogP contribution in [0.5, 0.6) is 0 Å². The molecule has 2 aromatic rings. The SMILES string of the molecule is O=C(Nc1ccccc1Cl)c1ccc(N2CCC3(CC2)OCCO3)nc1. The lowest BCUT2D eigenvalue weighted by atomic mass is 10.0. The smallest absolute Gasteiger partial charge is 0.257 e. The van der Waals surface area contributed by atoms with Gasteiger partial charge in [-0.15, -0.1) is 0 Å². The van der Waals surface area contributed by atoms with Crippen LogP contribution in [-0.4, -0.2) is 43.0 Å². The first-order valence-electron chi connectivity index (χ1n) is 8.70. The number of carbonyl (C=O) groups is 1. The van der Waals surface area contributed by atoms with Gasteiger partial charge in [-0.1, -0.05) is 23.7 Å². The van der Waals surface area contributed by atoms with Crippen molar-refractivity contribution < 1.29 is 14.3 Å². The number of hydrogen-bond donors (Lipinski definition) is 1. The van der Waals surface area contributed by atoms with Crippen molar-refractivity contribution in [3.63, 3.8) is 0 Å². The normalized spacial score (nSPS) is 18.9. The summed E-state index contributed by atoms with van der Waals surface area (Å²) in [6, 6.07) is 10.8. The molecule has 0 bridgehead atoms. The highest BCUT2D eigenvalue weighted by Gasteiger charge is 2.39. The number of halogens is 1. The maximum Gasteiger partial charge on any atom is 0.257 e. The second-order valence-electron chi connectivity index (χ2n) is 6.43. The molecular weight excluding hydrogens is 354 g/mol. The van der Waals surface area contributed by atoms with Crippen LogP contribution in [0.25, 0.3) is 0 Å². The monoisotopic (exact) mass is 373 g/mol. The Morgan fingerprint density at radius 1 is 1.12 bits per heavy atom. The van der Waals surface area contributed by atoms with Crippen molar-refractivity contribution in [1.29, 1.82) is 0 Å². The average Bonchev–Trinajstić information content (AvgIpc) is 3.12. The van der Waals surface area contributed by atoms with Crippen LogP contribution in [0.2, 0.25) is 5.02 Å². The molecule has 2 aliphatic rings. The lowest BCUT2D eigenvalue weighted by molar-refractivity contribution is -0.169. The van der Waals surface area contributed by atoms with Gasteiger partial charge in [-0.05, 0) is 24.3 Å². The zero-order valence-electron chi connectivity index (χ0n) is 14.3. The summed E-state index contributed by atoms with van der Waals surface area (Å²) in [7, 11) is 0. The van der Waals surface area contributed by atoms with Crippen molar-refractivity contribution in [2.24, 2.45) is 0 Å². The Kier molecular flexibility index (Phi) is 4.80. The lowest BCUT2D eigenvalue weighted by Crippen LogP contribution is -2.45. The third-order valence-electron chi connectivity index (χ3n) is 4.79. The number of ether oxygens (including phenoxy) is 2. The van der Waals surface area contributed by atoms with Crippen molar-refractivity contribution in [3.8, 4) is 0 Å². The molecule has 2 saturated heterocycles. The van der Waals surface area contributed by atoms with E-state index in [1.54, 1.807) is 24.4 Å². The zero-order chi connectivity index (χ0) is 18.0. The molecule has 3 heterocycles. The maximum atomic E-state index is 12.4. The minimum absolute atomic E-state index is 0.234. The van der Waals surface area contributed by atoms with Crippen LogP contribution in [0, 0.1) is 0 Å². The molecule has 0 saturated carbocycles. The van der Waals surface area contributed by atoms with Crippen molar-refractivity contribution in [1.82, 2.24) is 4.98 Å². The molecule has 6 nitrogen and oxygen atoms in total. The van der Waals surface area contributed by atoms with Gasteiger partial charge in [0.2, 0.25) is 0 Å². The highest BCUT2D eigenvalue weighted by molar-refractivity contribution is 6.33. The van der Waals surface area contributed by atoms with E-state index >= 15 is 0 Å². The molecule has 1 aromatic heterocycles. The molecule has 1 aromatic carbocycles. The van der Waals surface area contributed by atoms with Gasteiger partial charge in [0.05, 0.1) is 29.5 Å². The van der Waals surface area contributed by atoms with Gasteiger partial charge in [-0.25, -0.2) is 4.98 Å². The van der Waals surface area contributed by atoms with E-state index in [1.807, 2.05) is 18.2 Å². The standard InChI is InChI=1S/C19H20ClN3O3/c20-15-3-1-2-4-16(15)22-18(24)14-5-6-17(21-13-14)23-9-7-19(8-10-23)25-11-12-26-19/h1-6,13H,7-12H2,(H,22,24). The number of nitrogens with zero attached hydrogens (tertiary/aromatic N) is 2. The van der Waals surface area contributed by atoms with E-state index < -0.39 is 5.79 Å². The number of rotatable bonds is 3. The minimum atomic E-state index is -0.398. The Hall–Kier alpha value is -2.15. The number of hydrogen-bond acceptors (Lipinski definition) is 5. The van der Waals surface area contributed by atoms with Gasteiger partial charge in [-0.2, -0.15) is 0 Å². The minimum Gasteiger partial charge on any atom is -0.356 e. The Bertz CT molecular complexity index is 781. The summed E-state index contributed by atoms with van der Waals surface area (Å²) in [5.41, 5.74) is 1.07. The molecule has 1 amide bonds. The summed E-state index contributed by atoms with van der Waals surface area (Å²) in [5.74, 6) is 0.222. The molecule has 0 unspecified atom stereocenters. The Labute approximate surface area is 157 Å². The highest BCUT2D eigenvalue weighted by Crippen LogP contribution is 2.32. The maximum absolute atomic E-state index is 12.4. The lowest BCUT2D eigenvalue weighted by Gasteiger charge is -2.38. The summed E-state index contributed by atoms with van der Waals surface area (Å²) in [5, 5.41) is 3.30. The van der Waals surface area contributed by atoms with Crippen molar-refractivity contribution in [2.75, 3.05) is 36.5 Å². The van der Waals surface area contributed by atoms with Crippen LogP contribution in [0.3, 0.4) is 0 Å². The second-order valence-corrected chi connectivity index (χ2v) is 6.84. The molecule has 0 aliphatic carbocycles. The van der Waals surface area contributed by atoms with Gasteiger partial charge >= 0.3 is 0 Å². The number of piperidine rings is 1. The number of amides is 1. The quantitative estimate of drug-likeness (QED) is 0.894. The Morgan fingerprint density at radius 3 is 2.50 bits per heavy atom. The fraction of sp³-hybridized carbons (Fsp3) is 0.368. The van der Waals surface area contributed by atoms with E-state index in [0.29, 0.717) is 29.5 Å². The predicted octanol–water partition coefficient (Wildman–Crippen LogP) is 3.33. The first-order chi connectivity index (χ1) is 12.7. The molecule has 7 heteroatoms. The number of carbonyl (C=O) groups excluding carboxylic acids is 1. The Morgan fingerprint density at radius 2 is 1.85 bits per heavy atom. The summed E-state index contributed by atoms with van der Waals surface area (Å²) < 4.78 is 11.5. The second kappa shape index (κ2) is 7.23. The number of para-hydroxylation sites is 1. The van der Waals surface area contributed by atoms with Gasteiger partial charge in [-0.3, -0.25) is 4.79 Å². The molecule has 136 valence electrons. The van der Waals surface area contributed by atoms with Crippen LogP contribution < -0.4 is 10.2 Å². The molecule has 2 aliphatic heterocycles. The summed E-state index contributed by atoms with van der Waals surface area (Å²) in [4.78, 5) is 19.0. The van der Waals surface area contributed by atoms with Gasteiger partial charge in [0.25, 0.3) is 5.91 Å². The van der Waals surface area contributed by atoms with Crippen molar-refractivity contribution in [2.45, 2.75) is 18.6 Å². The van der Waals surface area contributed by atoms with E-state index in [9.17, 15) is 4.79 Å². The average molecular weight is 374 g/mol. The molecule has 4 rings (SSSR count). The van der Waals surface area contributed by atoms with Crippen LogP contribution in [0.15, 0.2) is 42.6 Å². The summed E-state index contributed by atoms with van der Waals surface area (Å²) >= 11 is 6.08. The fourth-order valence-electron chi connectivity index (χ4n) is 3.33. The number of anilines is 2. The molecule has 0 atom stereocenters. The zero-order valence-corrected chi connectivity index (χ0v) is 15.0. The van der Waals surface area contributed by atoms with Crippen LogP contribution in [0.1, 0.15) is 23.2 Å². The largest absolute Gasteiger partial charge is 0.356 e. The third-order valence-corrected chi connectivity index (χ3v) is 5.12. The van der Waals surface area contributed by atoms with Gasteiger partial charge in [0.15, 0.2) is 5.79 Å². The van der Waals surface area contributed by atoms with Gasteiger partial charge in [0.1, 0.15) is 5.82 Å². The topological polar surface area (TPSA) is 63.7 Å². The molecular formula is C19H20ClN3O3. The number of pyridine rings is 1. The number of nitrogens with one attached hydrogen (secondary N) is 1. The molecule has 26 heavy (non-hydrogen) atoms. The first-order valence-corrected chi connectivity index (χ1v) is 9.08. The van der Waals surface area contributed by atoms with Crippen LogP contribution in [-0.2, 0) is 9.47 Å². The summed E-state index contributed by atoms with van der Waals surface area (Å²) in [6.07, 6.45) is 3.24. The number of benzene rings is 1. The van der Waals surface area contributed by atoms with Gasteiger partial charge in [0, 0.05) is 32.1 Å². The number of aromatic nitrogens is 1. The molecule has 1 spiro atoms. The molecule has 2 fully saturated rings.